The van der Waals surface area contributed by atoms with Gasteiger partial charge in [0.15, 0.2) is 11.2 Å². The second-order valence-corrected chi connectivity index (χ2v) is 7.04. The summed E-state index contributed by atoms with van der Waals surface area (Å²) in [5.41, 5.74) is 1.69. The average Bonchev–Trinajstić information content (AvgIpc) is 3.25. The van der Waals surface area contributed by atoms with E-state index in [0.29, 0.717) is 35.8 Å². The molecule has 0 spiro atoms. The lowest BCUT2D eigenvalue weighted by molar-refractivity contribution is 0.395. The van der Waals surface area contributed by atoms with Gasteiger partial charge in [-0.3, -0.25) is 18.7 Å². The third-order valence-electron chi connectivity index (χ3n) is 5.20. The zero-order valence-corrected chi connectivity index (χ0v) is 17.4. The zero-order valence-electron chi connectivity index (χ0n) is 17.4. The Kier molecular flexibility index (Phi) is 4.98. The SMILES string of the molecule is COc1ccc(NCCCn2c(C)cn3c4c(=O)[nH]c(=O)n(C)c4nc23)c(OC)c1. The Balaban J connectivity index is 1.55. The fourth-order valence-corrected chi connectivity index (χ4v) is 3.60. The third-order valence-corrected chi connectivity index (χ3v) is 5.20. The third kappa shape index (κ3) is 3.19. The number of imidazole rings is 2. The molecule has 30 heavy (non-hydrogen) atoms. The Hall–Kier alpha value is -3.69. The van der Waals surface area contributed by atoms with Gasteiger partial charge >= 0.3 is 5.69 Å². The monoisotopic (exact) mass is 412 g/mol. The van der Waals surface area contributed by atoms with Crippen LogP contribution in [0.1, 0.15) is 12.1 Å². The Morgan fingerprint density at radius 2 is 2.00 bits per heavy atom. The molecule has 0 atom stereocenters. The van der Waals surface area contributed by atoms with E-state index in [1.807, 2.05) is 35.9 Å². The highest BCUT2D eigenvalue weighted by Gasteiger charge is 2.17. The topological polar surface area (TPSA) is 108 Å². The fraction of sp³-hybridized carbons (Fsp3) is 0.350. The van der Waals surface area contributed by atoms with E-state index in [4.69, 9.17) is 9.47 Å². The molecule has 3 aromatic heterocycles. The van der Waals surface area contributed by atoms with E-state index >= 15 is 0 Å². The van der Waals surface area contributed by atoms with Crippen LogP contribution in [0.5, 0.6) is 11.5 Å². The molecule has 0 radical (unpaired) electrons. The first-order valence-electron chi connectivity index (χ1n) is 9.57. The molecule has 4 aromatic rings. The van der Waals surface area contributed by atoms with Gasteiger partial charge in [-0.1, -0.05) is 0 Å². The van der Waals surface area contributed by atoms with Crippen molar-refractivity contribution in [1.29, 1.82) is 0 Å². The number of nitrogens with one attached hydrogen (secondary N) is 2. The van der Waals surface area contributed by atoms with E-state index in [1.165, 1.54) is 4.57 Å². The lowest BCUT2D eigenvalue weighted by atomic mass is 10.2. The van der Waals surface area contributed by atoms with E-state index in [-0.39, 0.29) is 0 Å². The van der Waals surface area contributed by atoms with Crippen molar-refractivity contribution in [1.82, 2.24) is 23.5 Å². The van der Waals surface area contributed by atoms with Gasteiger partial charge in [0.05, 0.1) is 19.9 Å². The van der Waals surface area contributed by atoms with Crippen LogP contribution in [0.2, 0.25) is 0 Å². The highest BCUT2D eigenvalue weighted by molar-refractivity contribution is 5.75. The number of aromatic nitrogens is 5. The summed E-state index contributed by atoms with van der Waals surface area (Å²) in [5.74, 6) is 2.09. The van der Waals surface area contributed by atoms with Gasteiger partial charge in [0.2, 0.25) is 5.78 Å². The minimum atomic E-state index is -0.478. The number of aromatic amines is 1. The van der Waals surface area contributed by atoms with E-state index in [9.17, 15) is 9.59 Å². The molecule has 0 fully saturated rings. The number of hydrogen-bond acceptors (Lipinski definition) is 6. The maximum atomic E-state index is 12.3. The van der Waals surface area contributed by atoms with E-state index in [1.54, 1.807) is 25.7 Å². The van der Waals surface area contributed by atoms with Gasteiger partial charge in [-0.05, 0) is 25.5 Å². The zero-order chi connectivity index (χ0) is 21.4. The number of fused-ring (bicyclic) bond motifs is 3. The van der Waals surface area contributed by atoms with Crippen LogP contribution in [0.25, 0.3) is 16.9 Å². The van der Waals surface area contributed by atoms with Gasteiger partial charge in [-0.2, -0.15) is 4.98 Å². The number of nitrogens with zero attached hydrogens (tertiary/aromatic N) is 4. The molecule has 3 heterocycles. The normalized spacial score (nSPS) is 11.3. The van der Waals surface area contributed by atoms with Gasteiger partial charge in [0.25, 0.3) is 5.56 Å². The van der Waals surface area contributed by atoms with Crippen LogP contribution in [-0.4, -0.2) is 44.3 Å². The number of H-pyrrole nitrogens is 1. The molecular formula is C20H24N6O4. The van der Waals surface area contributed by atoms with Crippen molar-refractivity contribution in [3.63, 3.8) is 0 Å². The van der Waals surface area contributed by atoms with Crippen LogP contribution >= 0.6 is 0 Å². The predicted molar refractivity (Wildman–Crippen MR) is 114 cm³/mol. The lowest BCUT2D eigenvalue weighted by Gasteiger charge is -2.13. The molecule has 1 aromatic carbocycles. The number of methoxy groups -OCH3 is 2. The van der Waals surface area contributed by atoms with E-state index in [0.717, 1.165) is 23.6 Å². The van der Waals surface area contributed by atoms with Crippen molar-refractivity contribution in [2.45, 2.75) is 19.9 Å². The fourth-order valence-electron chi connectivity index (χ4n) is 3.60. The molecule has 158 valence electrons. The summed E-state index contributed by atoms with van der Waals surface area (Å²) < 4.78 is 15.8. The molecule has 0 saturated carbocycles. The summed E-state index contributed by atoms with van der Waals surface area (Å²) in [6, 6.07) is 5.63. The van der Waals surface area contributed by atoms with Gasteiger partial charge in [-0.25, -0.2) is 4.79 Å². The predicted octanol–water partition coefficient (Wildman–Crippen LogP) is 1.50. The number of hydrogen-bond donors (Lipinski definition) is 2. The Labute approximate surface area is 171 Å². The molecule has 0 unspecified atom stereocenters. The van der Waals surface area contributed by atoms with Crippen LogP contribution in [0.15, 0.2) is 34.0 Å². The summed E-state index contributed by atoms with van der Waals surface area (Å²) in [6.07, 6.45) is 2.68. The van der Waals surface area contributed by atoms with Crippen molar-refractivity contribution < 1.29 is 9.47 Å². The maximum Gasteiger partial charge on any atom is 0.329 e. The Morgan fingerprint density at radius 3 is 2.73 bits per heavy atom. The van der Waals surface area contributed by atoms with E-state index in [2.05, 4.69) is 15.3 Å². The standard InChI is InChI=1S/C20H24N6O4/c1-12-11-26-16-17(24(2)20(28)23-18(16)27)22-19(26)25(12)9-5-8-21-14-7-6-13(29-3)10-15(14)30-4/h6-7,10-11,21H,5,8-9H2,1-4H3,(H,23,27,28). The van der Waals surface area contributed by atoms with Crippen molar-refractivity contribution >= 4 is 22.6 Å². The molecule has 0 saturated heterocycles. The van der Waals surface area contributed by atoms with Gasteiger partial charge in [-0.15, -0.1) is 0 Å². The van der Waals surface area contributed by atoms with Crippen molar-refractivity contribution in [3.05, 3.63) is 50.9 Å². The second-order valence-electron chi connectivity index (χ2n) is 7.04. The second kappa shape index (κ2) is 7.62. The van der Waals surface area contributed by atoms with E-state index < -0.39 is 11.2 Å². The van der Waals surface area contributed by atoms with Gasteiger partial charge in [0, 0.05) is 38.1 Å². The lowest BCUT2D eigenvalue weighted by Crippen LogP contribution is -2.28. The first-order valence-corrected chi connectivity index (χ1v) is 9.57. The maximum absolute atomic E-state index is 12.3. The largest absolute Gasteiger partial charge is 0.497 e. The average molecular weight is 412 g/mol. The van der Waals surface area contributed by atoms with Gasteiger partial charge < -0.3 is 19.4 Å². The van der Waals surface area contributed by atoms with Gasteiger partial charge in [0.1, 0.15) is 11.5 Å². The molecule has 2 N–H and O–H groups in total. The van der Waals surface area contributed by atoms with Crippen LogP contribution in [0, 0.1) is 6.92 Å². The quantitative estimate of drug-likeness (QED) is 0.446. The smallest absolute Gasteiger partial charge is 0.329 e. The number of rotatable bonds is 7. The molecule has 10 heteroatoms. The molecule has 0 aliphatic carbocycles. The number of anilines is 1. The van der Waals surface area contributed by atoms with Crippen LogP contribution in [-0.2, 0) is 13.6 Å². The minimum Gasteiger partial charge on any atom is -0.497 e. The first kappa shape index (κ1) is 19.6. The molecule has 0 bridgehead atoms. The summed E-state index contributed by atoms with van der Waals surface area (Å²) in [6.45, 7) is 3.38. The summed E-state index contributed by atoms with van der Waals surface area (Å²) in [5, 5.41) is 3.38. The molecule has 10 nitrogen and oxygen atoms in total. The minimum absolute atomic E-state index is 0.369. The Bertz CT molecular complexity index is 1340. The van der Waals surface area contributed by atoms with Crippen LogP contribution in [0.4, 0.5) is 5.69 Å². The number of ether oxygens (including phenoxy) is 2. The highest BCUT2D eigenvalue weighted by Crippen LogP contribution is 2.29. The molecule has 0 aliphatic rings. The first-order chi connectivity index (χ1) is 14.4. The molecular weight excluding hydrogens is 388 g/mol. The summed E-state index contributed by atoms with van der Waals surface area (Å²) >= 11 is 0. The summed E-state index contributed by atoms with van der Waals surface area (Å²) in [7, 11) is 4.83. The van der Waals surface area contributed by atoms with Crippen LogP contribution in [0.3, 0.4) is 0 Å². The molecule has 0 amide bonds. The van der Waals surface area contributed by atoms with Crippen molar-refractivity contribution in [2.75, 3.05) is 26.1 Å². The highest BCUT2D eigenvalue weighted by atomic mass is 16.5. The van der Waals surface area contributed by atoms with Crippen LogP contribution < -0.4 is 26.0 Å². The molecule has 0 aliphatic heterocycles. The molecule has 4 rings (SSSR count). The summed E-state index contributed by atoms with van der Waals surface area (Å²) in [4.78, 5) is 31.1. The number of aryl methyl sites for hydroxylation is 3. The number of benzene rings is 1. The van der Waals surface area contributed by atoms with Crippen molar-refractivity contribution in [3.8, 4) is 11.5 Å². The Morgan fingerprint density at radius 1 is 1.20 bits per heavy atom. The van der Waals surface area contributed by atoms with Crippen molar-refractivity contribution in [2.24, 2.45) is 7.05 Å².